The van der Waals surface area contributed by atoms with E-state index in [9.17, 15) is 9.59 Å². The number of anilines is 2. The number of rotatable bonds is 8. The molecule has 2 amide bonds. The third kappa shape index (κ3) is 7.79. The van der Waals surface area contributed by atoms with Crippen LogP contribution in [0.2, 0.25) is 0 Å². The first-order chi connectivity index (χ1) is 28.3. The molecule has 19 heteroatoms. The van der Waals surface area contributed by atoms with Crippen LogP contribution in [0.5, 0.6) is 0 Å². The Hall–Kier alpha value is -6.77. The molecule has 2 saturated heterocycles. The molecule has 58 heavy (non-hydrogen) atoms. The molecule has 2 aliphatic rings. The van der Waals surface area contributed by atoms with Crippen LogP contribution in [0.3, 0.4) is 0 Å². The van der Waals surface area contributed by atoms with Crippen molar-refractivity contribution in [2.45, 2.75) is 31.8 Å². The third-order valence-corrected chi connectivity index (χ3v) is 10.7. The Morgan fingerprint density at radius 2 is 1.03 bits per heavy atom. The van der Waals surface area contributed by atoms with Crippen molar-refractivity contribution in [2.24, 2.45) is 0 Å². The number of amides is 2. The van der Waals surface area contributed by atoms with Gasteiger partial charge in [0.15, 0.2) is 22.9 Å². The summed E-state index contributed by atoms with van der Waals surface area (Å²) in [6.07, 6.45) is 19.3. The van der Waals surface area contributed by atoms with E-state index in [4.69, 9.17) is 0 Å². The molecule has 0 radical (unpaired) electrons. The highest BCUT2D eigenvalue weighted by Gasteiger charge is 2.29. The van der Waals surface area contributed by atoms with Gasteiger partial charge in [-0.3, -0.25) is 9.59 Å². The fourth-order valence-electron chi connectivity index (χ4n) is 7.04. The maximum Gasteiger partial charge on any atom is 0.291 e. The van der Waals surface area contributed by atoms with E-state index < -0.39 is 0 Å². The molecule has 18 nitrogen and oxygen atoms in total. The second kappa shape index (κ2) is 16.0. The van der Waals surface area contributed by atoms with Crippen LogP contribution in [0.1, 0.15) is 39.6 Å². The molecule has 2 aromatic carbocycles. The van der Waals surface area contributed by atoms with Crippen LogP contribution in [-0.4, -0.2) is 108 Å². The van der Waals surface area contributed by atoms with Gasteiger partial charge in [0.2, 0.25) is 11.6 Å². The standard InChI is InChI=1S/C20H20N8O.C19H17IN8O/c1-14-2-4-16(5-3-14)28-13-23-17(25-28)20(29)24-15-6-9-27(12-15)19-18-21-7-10-26(18)11-8-22-19;20-13-1-3-15(4-2-13)28-12-23-16(25-28)19(29)24-14-5-8-27(11-14)18-17-21-6-9-26(17)10-7-22-18/h2-5,7-8,10-11,13,15H,6,9,12H2,1H3,(H,24,29);1-4,6-7,9-10,12,14H,5,8,11H2,(H,24,29)/t15-;14-/m00/s1. The van der Waals surface area contributed by atoms with Gasteiger partial charge in [-0.05, 0) is 78.8 Å². The third-order valence-electron chi connectivity index (χ3n) is 10.0. The van der Waals surface area contributed by atoms with Crippen molar-refractivity contribution in [1.82, 2.24) is 68.9 Å². The number of nitrogens with zero attached hydrogens (tertiary/aromatic N) is 14. The molecule has 0 bridgehead atoms. The molecule has 2 fully saturated rings. The fourth-order valence-corrected chi connectivity index (χ4v) is 7.40. The van der Waals surface area contributed by atoms with Crippen molar-refractivity contribution in [1.29, 1.82) is 0 Å². The summed E-state index contributed by atoms with van der Waals surface area (Å²) in [6, 6.07) is 15.8. The summed E-state index contributed by atoms with van der Waals surface area (Å²) in [6.45, 7) is 4.97. The number of hydrogen-bond donors (Lipinski definition) is 2. The lowest BCUT2D eigenvalue weighted by Crippen LogP contribution is -2.37. The average molecular weight is 889 g/mol. The number of aromatic nitrogens is 12. The zero-order chi connectivity index (χ0) is 39.6. The number of halogens is 1. The van der Waals surface area contributed by atoms with Crippen LogP contribution < -0.4 is 20.4 Å². The monoisotopic (exact) mass is 888 g/mol. The quantitative estimate of drug-likeness (QED) is 0.212. The summed E-state index contributed by atoms with van der Waals surface area (Å²) in [5.41, 5.74) is 4.53. The summed E-state index contributed by atoms with van der Waals surface area (Å²) in [4.78, 5) is 55.6. The number of hydrogen-bond acceptors (Lipinski definition) is 12. The van der Waals surface area contributed by atoms with E-state index in [1.807, 2.05) is 89.0 Å². The first-order valence-corrected chi connectivity index (χ1v) is 19.8. The van der Waals surface area contributed by atoms with Gasteiger partial charge in [-0.2, -0.15) is 0 Å². The van der Waals surface area contributed by atoms with Gasteiger partial charge >= 0.3 is 0 Å². The fraction of sp³-hybridized carbons (Fsp3) is 0.231. The van der Waals surface area contributed by atoms with Gasteiger partial charge in [-0.15, -0.1) is 10.2 Å². The molecule has 0 aliphatic carbocycles. The highest BCUT2D eigenvalue weighted by atomic mass is 127. The maximum atomic E-state index is 12.6. The van der Waals surface area contributed by atoms with Gasteiger partial charge in [0.05, 0.1) is 11.4 Å². The number of benzene rings is 2. The number of fused-ring (bicyclic) bond motifs is 2. The Labute approximate surface area is 345 Å². The highest BCUT2D eigenvalue weighted by molar-refractivity contribution is 14.1. The number of carbonyl (C=O) groups is 2. The molecule has 0 saturated carbocycles. The molecular weight excluding hydrogens is 851 g/mol. The summed E-state index contributed by atoms with van der Waals surface area (Å²) in [5.74, 6) is 1.45. The first-order valence-electron chi connectivity index (χ1n) is 18.7. The van der Waals surface area contributed by atoms with E-state index >= 15 is 0 Å². The molecule has 8 aromatic rings. The van der Waals surface area contributed by atoms with Crippen molar-refractivity contribution in [2.75, 3.05) is 36.0 Å². The summed E-state index contributed by atoms with van der Waals surface area (Å²) in [7, 11) is 0. The predicted octanol–water partition coefficient (Wildman–Crippen LogP) is 3.55. The molecule has 2 aliphatic heterocycles. The Balaban J connectivity index is 0.000000150. The Bertz CT molecular complexity index is 2520. The maximum absolute atomic E-state index is 12.6. The lowest BCUT2D eigenvalue weighted by atomic mass is 10.2. The van der Waals surface area contributed by atoms with Crippen LogP contribution >= 0.6 is 22.6 Å². The van der Waals surface area contributed by atoms with Crippen LogP contribution in [-0.2, 0) is 0 Å². The van der Waals surface area contributed by atoms with Crippen LogP contribution in [0.25, 0.3) is 22.7 Å². The summed E-state index contributed by atoms with van der Waals surface area (Å²) in [5, 5.41) is 14.7. The average Bonchev–Trinajstić information content (AvgIpc) is 4.10. The normalized spacial score (nSPS) is 16.4. The van der Waals surface area contributed by atoms with Crippen LogP contribution in [0.15, 0.2) is 111 Å². The van der Waals surface area contributed by atoms with E-state index in [1.54, 1.807) is 46.8 Å². The number of imidazole rings is 2. The minimum Gasteiger partial charge on any atom is -0.351 e. The van der Waals surface area contributed by atoms with Crippen LogP contribution in [0.4, 0.5) is 11.6 Å². The zero-order valence-corrected chi connectivity index (χ0v) is 33.4. The van der Waals surface area contributed by atoms with E-state index in [0.717, 1.165) is 69.4 Å². The minimum absolute atomic E-state index is 0.00442. The zero-order valence-electron chi connectivity index (χ0n) is 31.2. The largest absolute Gasteiger partial charge is 0.351 e. The molecule has 2 N–H and O–H groups in total. The van der Waals surface area contributed by atoms with E-state index in [-0.39, 0.29) is 35.5 Å². The van der Waals surface area contributed by atoms with E-state index in [0.29, 0.717) is 13.1 Å². The first kappa shape index (κ1) is 36.8. The second-order valence-corrected chi connectivity index (χ2v) is 15.2. The molecule has 0 spiro atoms. The van der Waals surface area contributed by atoms with Gasteiger partial charge in [0, 0.05) is 91.4 Å². The minimum atomic E-state index is -0.270. The summed E-state index contributed by atoms with van der Waals surface area (Å²) >= 11 is 2.25. The Kier molecular flexibility index (Phi) is 10.2. The van der Waals surface area contributed by atoms with Crippen molar-refractivity contribution < 1.29 is 9.59 Å². The molecule has 292 valence electrons. The Morgan fingerprint density at radius 1 is 0.603 bits per heavy atom. The summed E-state index contributed by atoms with van der Waals surface area (Å²) < 4.78 is 8.23. The van der Waals surface area contributed by atoms with Crippen molar-refractivity contribution in [3.63, 3.8) is 0 Å². The lowest BCUT2D eigenvalue weighted by molar-refractivity contribution is 0.0921. The number of nitrogens with one attached hydrogen (secondary N) is 2. The molecule has 0 unspecified atom stereocenters. The van der Waals surface area contributed by atoms with Gasteiger partial charge in [0.1, 0.15) is 12.7 Å². The SMILES string of the molecule is Cc1ccc(-n2cnc(C(=O)N[C@H]3CCN(c4nccn5ccnc45)C3)n2)cc1.O=C(N[C@H]1CCN(c2nccn3ccnc23)C1)c1ncn(-c2ccc(I)cc2)n1. The molecule has 2 atom stereocenters. The van der Waals surface area contributed by atoms with Crippen molar-refractivity contribution in [3.8, 4) is 11.4 Å². The van der Waals surface area contributed by atoms with Gasteiger partial charge < -0.3 is 29.2 Å². The topological polar surface area (TPSA) is 186 Å². The van der Waals surface area contributed by atoms with E-state index in [2.05, 4.69) is 83.1 Å². The smallest absolute Gasteiger partial charge is 0.291 e. The van der Waals surface area contributed by atoms with Crippen molar-refractivity contribution in [3.05, 3.63) is 132 Å². The lowest BCUT2D eigenvalue weighted by Gasteiger charge is -2.18. The predicted molar refractivity (Wildman–Crippen MR) is 222 cm³/mol. The van der Waals surface area contributed by atoms with Gasteiger partial charge in [-0.1, -0.05) is 17.7 Å². The molecule has 8 heterocycles. The van der Waals surface area contributed by atoms with E-state index in [1.165, 1.54) is 0 Å². The highest BCUT2D eigenvalue weighted by Crippen LogP contribution is 2.23. The van der Waals surface area contributed by atoms with Gasteiger partial charge in [0.25, 0.3) is 11.8 Å². The number of carbonyl (C=O) groups excluding carboxylic acids is 2. The molecule has 10 rings (SSSR count). The van der Waals surface area contributed by atoms with Gasteiger partial charge in [-0.25, -0.2) is 39.3 Å². The van der Waals surface area contributed by atoms with Crippen LogP contribution in [0, 0.1) is 10.5 Å². The molecule has 6 aromatic heterocycles. The molecular formula is C39H37IN16O2. The second-order valence-electron chi connectivity index (χ2n) is 14.0. The number of aryl methyl sites for hydroxylation is 1. The van der Waals surface area contributed by atoms with Crippen molar-refractivity contribution >= 4 is 57.3 Å². The Morgan fingerprint density at radius 3 is 1.50 bits per heavy atom.